The first-order chi connectivity index (χ1) is 11.8. The molecule has 1 aliphatic rings. The number of benzene rings is 2. The number of hydrogen-bond donors (Lipinski definition) is 1. The minimum Gasteiger partial charge on any atom is -0.497 e. The highest BCUT2D eigenvalue weighted by Crippen LogP contribution is 2.25. The Kier molecular flexibility index (Phi) is 4.60. The molecule has 2 aromatic rings. The zero-order chi connectivity index (χ0) is 18.1. The highest BCUT2D eigenvalue weighted by molar-refractivity contribution is 7.91. The van der Waals surface area contributed by atoms with Crippen LogP contribution in [0.3, 0.4) is 0 Å². The quantitative estimate of drug-likeness (QED) is 0.878. The van der Waals surface area contributed by atoms with E-state index in [2.05, 4.69) is 5.32 Å². The Morgan fingerprint density at radius 1 is 1.16 bits per heavy atom. The third kappa shape index (κ3) is 4.22. The van der Waals surface area contributed by atoms with Crippen LogP contribution < -0.4 is 14.8 Å². The topological polar surface area (TPSA) is 81.7 Å². The monoisotopic (exact) mass is 363 g/mol. The van der Waals surface area contributed by atoms with Gasteiger partial charge in [-0.25, -0.2) is 8.42 Å². The summed E-state index contributed by atoms with van der Waals surface area (Å²) in [5.74, 6) is 1.07. The fourth-order valence-corrected chi connectivity index (χ4v) is 5.14. The first-order valence-corrected chi connectivity index (χ1v) is 9.83. The average Bonchev–Trinajstić information content (AvgIpc) is 2.85. The van der Waals surface area contributed by atoms with E-state index < -0.39 is 15.4 Å². The van der Waals surface area contributed by atoms with Gasteiger partial charge in [0.1, 0.15) is 11.5 Å². The molecule has 0 bridgehead atoms. The number of nitrogens with one attached hydrogen (secondary N) is 1. The van der Waals surface area contributed by atoms with Crippen LogP contribution in [0, 0.1) is 0 Å². The van der Waals surface area contributed by atoms with Gasteiger partial charge in [-0.2, -0.15) is 0 Å². The summed E-state index contributed by atoms with van der Waals surface area (Å²) in [5, 5.41) is 4.77. The van der Waals surface area contributed by atoms with Crippen LogP contribution in [0.5, 0.6) is 11.5 Å². The smallest absolute Gasteiger partial charge is 0.258 e. The fraction of sp³-hybridized carbons (Fsp3) is 0.389. The third-order valence-corrected chi connectivity index (χ3v) is 6.24. The molecule has 3 rings (SSSR count). The van der Waals surface area contributed by atoms with E-state index in [1.54, 1.807) is 20.1 Å². The van der Waals surface area contributed by atoms with Crippen molar-refractivity contribution < 1.29 is 22.7 Å². The number of carbonyl (C=O) groups is 1. The van der Waals surface area contributed by atoms with Gasteiger partial charge in [-0.3, -0.25) is 4.79 Å². The lowest BCUT2D eigenvalue weighted by molar-refractivity contribution is -0.124. The molecule has 1 N–H and O–H groups in total. The van der Waals surface area contributed by atoms with Gasteiger partial charge in [0.25, 0.3) is 5.91 Å². The van der Waals surface area contributed by atoms with Crippen molar-refractivity contribution in [2.24, 2.45) is 0 Å². The number of rotatable bonds is 5. The van der Waals surface area contributed by atoms with Crippen LogP contribution >= 0.6 is 0 Å². The van der Waals surface area contributed by atoms with Crippen LogP contribution in [0.4, 0.5) is 0 Å². The van der Waals surface area contributed by atoms with Crippen LogP contribution in [0.15, 0.2) is 36.4 Å². The molecule has 1 saturated heterocycles. The van der Waals surface area contributed by atoms with E-state index in [9.17, 15) is 13.2 Å². The Hall–Kier alpha value is -2.28. The van der Waals surface area contributed by atoms with Gasteiger partial charge < -0.3 is 14.8 Å². The van der Waals surface area contributed by atoms with Crippen molar-refractivity contribution in [3.8, 4) is 11.5 Å². The van der Waals surface area contributed by atoms with Gasteiger partial charge >= 0.3 is 0 Å². The molecule has 134 valence electrons. The van der Waals surface area contributed by atoms with Gasteiger partial charge in [0.15, 0.2) is 16.4 Å². The number of amides is 1. The Morgan fingerprint density at radius 3 is 2.48 bits per heavy atom. The molecule has 0 spiro atoms. The lowest BCUT2D eigenvalue weighted by Crippen LogP contribution is -2.48. The molecule has 0 aliphatic carbocycles. The maximum Gasteiger partial charge on any atom is 0.258 e. The van der Waals surface area contributed by atoms with E-state index in [1.165, 1.54) is 0 Å². The second-order valence-electron chi connectivity index (χ2n) is 6.61. The number of fused-ring (bicyclic) bond motifs is 1. The van der Waals surface area contributed by atoms with E-state index in [0.29, 0.717) is 12.2 Å². The largest absolute Gasteiger partial charge is 0.497 e. The van der Waals surface area contributed by atoms with E-state index in [4.69, 9.17) is 9.47 Å². The Labute approximate surface area is 147 Å². The van der Waals surface area contributed by atoms with Crippen LogP contribution in [0.1, 0.15) is 13.3 Å². The van der Waals surface area contributed by atoms with Crippen molar-refractivity contribution in [3.63, 3.8) is 0 Å². The van der Waals surface area contributed by atoms with E-state index >= 15 is 0 Å². The molecule has 1 aliphatic heterocycles. The first-order valence-electron chi connectivity index (χ1n) is 8.01. The standard InChI is InChI=1S/C18H21NO5S/c1-18(7-8-25(21,22)12-18)19-17(20)11-24-16-6-4-13-3-5-15(23-2)9-14(13)10-16/h3-6,9-10H,7-8,11-12H2,1-2H3,(H,19,20)/t18-/m1/s1. The first kappa shape index (κ1) is 17.5. The molecular formula is C18H21NO5S. The summed E-state index contributed by atoms with van der Waals surface area (Å²) in [6, 6.07) is 11.3. The lowest BCUT2D eigenvalue weighted by Gasteiger charge is -2.23. The van der Waals surface area contributed by atoms with Gasteiger partial charge in [-0.15, -0.1) is 0 Å². The van der Waals surface area contributed by atoms with Crippen molar-refractivity contribution in [1.82, 2.24) is 5.32 Å². The molecule has 7 heteroatoms. The summed E-state index contributed by atoms with van der Waals surface area (Å²) in [6.07, 6.45) is 0.427. The van der Waals surface area contributed by atoms with Crippen LogP contribution in [0.25, 0.3) is 10.8 Å². The van der Waals surface area contributed by atoms with Crippen molar-refractivity contribution in [3.05, 3.63) is 36.4 Å². The van der Waals surface area contributed by atoms with Crippen LogP contribution in [-0.4, -0.2) is 45.1 Å². The van der Waals surface area contributed by atoms with Gasteiger partial charge in [0.05, 0.1) is 24.2 Å². The number of methoxy groups -OCH3 is 1. The average molecular weight is 363 g/mol. The molecule has 0 saturated carbocycles. The maximum absolute atomic E-state index is 12.1. The van der Waals surface area contributed by atoms with Crippen LogP contribution in [-0.2, 0) is 14.6 Å². The fourth-order valence-electron chi connectivity index (χ4n) is 3.05. The molecule has 1 heterocycles. The second-order valence-corrected chi connectivity index (χ2v) is 8.80. The molecule has 1 atom stereocenters. The summed E-state index contributed by atoms with van der Waals surface area (Å²) in [5.41, 5.74) is -0.712. The molecule has 1 amide bonds. The summed E-state index contributed by atoms with van der Waals surface area (Å²) in [4.78, 5) is 12.1. The van der Waals surface area contributed by atoms with Gasteiger partial charge in [0.2, 0.25) is 0 Å². The van der Waals surface area contributed by atoms with Crippen molar-refractivity contribution >= 4 is 26.5 Å². The normalized spacial score (nSPS) is 21.8. The zero-order valence-electron chi connectivity index (χ0n) is 14.2. The van der Waals surface area contributed by atoms with Gasteiger partial charge in [-0.05, 0) is 48.4 Å². The van der Waals surface area contributed by atoms with E-state index in [0.717, 1.165) is 16.5 Å². The summed E-state index contributed by atoms with van der Waals surface area (Å²) >= 11 is 0. The van der Waals surface area contributed by atoms with Crippen LogP contribution in [0.2, 0.25) is 0 Å². The van der Waals surface area contributed by atoms with Crippen molar-refractivity contribution in [2.45, 2.75) is 18.9 Å². The maximum atomic E-state index is 12.1. The van der Waals surface area contributed by atoms with Gasteiger partial charge in [0, 0.05) is 0 Å². The number of carbonyl (C=O) groups excluding carboxylic acids is 1. The zero-order valence-corrected chi connectivity index (χ0v) is 15.1. The molecule has 25 heavy (non-hydrogen) atoms. The Morgan fingerprint density at radius 2 is 1.84 bits per heavy atom. The number of hydrogen-bond acceptors (Lipinski definition) is 5. The molecule has 2 aromatic carbocycles. The molecule has 0 radical (unpaired) electrons. The molecule has 6 nitrogen and oxygen atoms in total. The number of sulfone groups is 1. The molecule has 0 aromatic heterocycles. The Bertz CT molecular complexity index is 909. The summed E-state index contributed by atoms with van der Waals surface area (Å²) < 4.78 is 33.9. The molecule has 0 unspecified atom stereocenters. The van der Waals surface area contributed by atoms with Crippen molar-refractivity contribution in [1.29, 1.82) is 0 Å². The molecule has 1 fully saturated rings. The SMILES string of the molecule is COc1ccc2ccc(OCC(=O)N[C@]3(C)CCS(=O)(=O)C3)cc2c1. The predicted octanol–water partition coefficient (Wildman–Crippen LogP) is 1.92. The minimum absolute atomic E-state index is 0.0263. The minimum atomic E-state index is -3.06. The van der Waals surface area contributed by atoms with Crippen molar-refractivity contribution in [2.75, 3.05) is 25.2 Å². The van der Waals surface area contributed by atoms with E-state index in [-0.39, 0.29) is 24.0 Å². The highest BCUT2D eigenvalue weighted by atomic mass is 32.2. The molecular weight excluding hydrogens is 342 g/mol. The van der Waals surface area contributed by atoms with Gasteiger partial charge in [-0.1, -0.05) is 12.1 Å². The lowest BCUT2D eigenvalue weighted by atomic mass is 10.0. The second kappa shape index (κ2) is 6.55. The predicted molar refractivity (Wildman–Crippen MR) is 95.8 cm³/mol. The summed E-state index contributed by atoms with van der Waals surface area (Å²) in [7, 11) is -1.46. The highest BCUT2D eigenvalue weighted by Gasteiger charge is 2.39. The number of ether oxygens (including phenoxy) is 2. The summed E-state index contributed by atoms with van der Waals surface area (Å²) in [6.45, 7) is 1.59. The third-order valence-electron chi connectivity index (χ3n) is 4.33. The van der Waals surface area contributed by atoms with E-state index in [1.807, 2.05) is 30.3 Å². The Balaban J connectivity index is 1.63.